The lowest BCUT2D eigenvalue weighted by Gasteiger charge is -2.06. The highest BCUT2D eigenvalue weighted by molar-refractivity contribution is 8.01. The van der Waals surface area contributed by atoms with Gasteiger partial charge in [0.15, 0.2) is 4.34 Å². The number of hydrogen-bond donors (Lipinski definition) is 1. The van der Waals surface area contributed by atoms with E-state index in [1.165, 1.54) is 23.1 Å². The van der Waals surface area contributed by atoms with Gasteiger partial charge in [0.05, 0.1) is 11.8 Å². The third-order valence-electron chi connectivity index (χ3n) is 2.75. The van der Waals surface area contributed by atoms with E-state index in [0.717, 1.165) is 21.5 Å². The molecule has 5 nitrogen and oxygen atoms in total. The van der Waals surface area contributed by atoms with Crippen LogP contribution in [0.15, 0.2) is 58.9 Å². The molecule has 0 aliphatic carbocycles. The molecule has 0 spiro atoms. The fourth-order valence-corrected chi connectivity index (χ4v) is 3.20. The van der Waals surface area contributed by atoms with Gasteiger partial charge >= 0.3 is 0 Å². The Bertz CT molecular complexity index is 797. The molecule has 0 amide bonds. The zero-order chi connectivity index (χ0) is 15.9. The van der Waals surface area contributed by atoms with Crippen LogP contribution in [-0.2, 0) is 0 Å². The minimum atomic E-state index is 0.375. The van der Waals surface area contributed by atoms with Gasteiger partial charge in [0.25, 0.3) is 0 Å². The van der Waals surface area contributed by atoms with Crippen molar-refractivity contribution in [3.63, 3.8) is 0 Å². The molecule has 0 bridgehead atoms. The molecule has 114 valence electrons. The van der Waals surface area contributed by atoms with Crippen LogP contribution < -0.4 is 10.1 Å². The first-order valence-corrected chi connectivity index (χ1v) is 8.57. The van der Waals surface area contributed by atoms with Crippen molar-refractivity contribution < 1.29 is 4.74 Å². The highest BCUT2D eigenvalue weighted by Gasteiger charge is 2.05. The van der Waals surface area contributed by atoms with Crippen molar-refractivity contribution in [2.24, 2.45) is 0 Å². The Hall–Kier alpha value is -2.56. The van der Waals surface area contributed by atoms with Crippen molar-refractivity contribution >= 4 is 33.9 Å². The summed E-state index contributed by atoms with van der Waals surface area (Å²) in [6, 6.07) is 19.3. The van der Waals surface area contributed by atoms with E-state index in [1.54, 1.807) is 0 Å². The Labute approximate surface area is 142 Å². The summed E-state index contributed by atoms with van der Waals surface area (Å²) in [5.41, 5.74) is 0.901. The molecule has 0 saturated heterocycles. The summed E-state index contributed by atoms with van der Waals surface area (Å²) in [6.45, 7) is 0. The van der Waals surface area contributed by atoms with Gasteiger partial charge in [-0.25, -0.2) is 0 Å². The number of thioether (sulfide) groups is 1. The molecule has 2 aromatic carbocycles. The first-order chi connectivity index (χ1) is 11.3. The van der Waals surface area contributed by atoms with Crippen molar-refractivity contribution in [1.82, 2.24) is 10.2 Å². The quantitative estimate of drug-likeness (QED) is 0.656. The first-order valence-electron chi connectivity index (χ1n) is 6.77. The number of hydrogen-bond acceptors (Lipinski definition) is 7. The van der Waals surface area contributed by atoms with Crippen LogP contribution in [0, 0.1) is 11.3 Å². The van der Waals surface area contributed by atoms with E-state index >= 15 is 0 Å². The summed E-state index contributed by atoms with van der Waals surface area (Å²) in [5.74, 6) is 1.95. The molecule has 3 aromatic rings. The molecule has 0 aliphatic rings. The summed E-state index contributed by atoms with van der Waals surface area (Å²) in [4.78, 5) is 0. The lowest BCUT2D eigenvalue weighted by Crippen LogP contribution is -1.90. The molecule has 1 heterocycles. The normalized spacial score (nSPS) is 10.0. The number of nitrogens with one attached hydrogen (secondary N) is 1. The smallest absolute Gasteiger partial charge is 0.210 e. The van der Waals surface area contributed by atoms with Gasteiger partial charge in [0.2, 0.25) is 5.13 Å². The fourth-order valence-electron chi connectivity index (χ4n) is 1.77. The van der Waals surface area contributed by atoms with Gasteiger partial charge < -0.3 is 10.1 Å². The van der Waals surface area contributed by atoms with Gasteiger partial charge in [-0.1, -0.05) is 41.3 Å². The number of para-hydroxylation sites is 1. The van der Waals surface area contributed by atoms with E-state index in [-0.39, 0.29) is 0 Å². The van der Waals surface area contributed by atoms with Gasteiger partial charge in [-0.15, -0.1) is 10.2 Å². The topological polar surface area (TPSA) is 70.8 Å². The van der Waals surface area contributed by atoms with Crippen LogP contribution >= 0.6 is 23.1 Å². The van der Waals surface area contributed by atoms with E-state index in [2.05, 4.69) is 21.6 Å². The fraction of sp³-hybridized carbons (Fsp3) is 0.0625. The minimum absolute atomic E-state index is 0.375. The van der Waals surface area contributed by atoms with E-state index in [0.29, 0.717) is 10.9 Å². The SMILES string of the molecule is N#CCSc1nnc(Nc2ccc(Oc3ccccc3)cc2)s1. The Morgan fingerprint density at radius 3 is 2.52 bits per heavy atom. The van der Waals surface area contributed by atoms with Gasteiger partial charge in [0.1, 0.15) is 11.5 Å². The van der Waals surface area contributed by atoms with E-state index in [4.69, 9.17) is 10.00 Å². The van der Waals surface area contributed by atoms with Crippen molar-refractivity contribution in [1.29, 1.82) is 5.26 Å². The highest BCUT2D eigenvalue weighted by atomic mass is 32.2. The zero-order valence-corrected chi connectivity index (χ0v) is 13.6. The third kappa shape index (κ3) is 4.45. The number of benzene rings is 2. The molecule has 0 fully saturated rings. The minimum Gasteiger partial charge on any atom is -0.457 e. The van der Waals surface area contributed by atoms with Crippen LogP contribution in [0.25, 0.3) is 0 Å². The van der Waals surface area contributed by atoms with Crippen molar-refractivity contribution in [2.75, 3.05) is 11.1 Å². The first kappa shape index (κ1) is 15.3. The largest absolute Gasteiger partial charge is 0.457 e. The zero-order valence-electron chi connectivity index (χ0n) is 12.0. The molecule has 1 N–H and O–H groups in total. The monoisotopic (exact) mass is 340 g/mol. The molecule has 23 heavy (non-hydrogen) atoms. The molecule has 0 atom stereocenters. The number of rotatable bonds is 6. The maximum absolute atomic E-state index is 8.56. The van der Waals surface area contributed by atoms with Crippen molar-refractivity contribution in [3.8, 4) is 17.6 Å². The van der Waals surface area contributed by atoms with Gasteiger partial charge in [-0.2, -0.15) is 5.26 Å². The van der Waals surface area contributed by atoms with E-state index in [9.17, 15) is 0 Å². The summed E-state index contributed by atoms with van der Waals surface area (Å²) in [6.07, 6.45) is 0. The van der Waals surface area contributed by atoms with Crippen LogP contribution in [0.3, 0.4) is 0 Å². The molecule has 0 unspecified atom stereocenters. The average Bonchev–Trinajstić information content (AvgIpc) is 3.03. The molecular formula is C16H12N4OS2. The second-order valence-corrected chi connectivity index (χ2v) is 6.58. The Kier molecular flexibility index (Phi) is 5.09. The van der Waals surface area contributed by atoms with Crippen LogP contribution in [-0.4, -0.2) is 16.0 Å². The summed E-state index contributed by atoms with van der Waals surface area (Å²) in [5, 5.41) is 20.5. The lowest BCUT2D eigenvalue weighted by molar-refractivity contribution is 0.483. The molecule has 7 heteroatoms. The Balaban J connectivity index is 1.61. The molecule has 0 radical (unpaired) electrons. The number of nitrogens with zero attached hydrogens (tertiary/aromatic N) is 3. The second kappa shape index (κ2) is 7.63. The standard InChI is InChI=1S/C16H12N4OS2/c17-10-11-22-16-20-19-15(23-16)18-12-6-8-14(9-7-12)21-13-4-2-1-3-5-13/h1-9H,11H2,(H,18,19). The van der Waals surface area contributed by atoms with E-state index in [1.807, 2.05) is 54.6 Å². The maximum Gasteiger partial charge on any atom is 0.210 e. The van der Waals surface area contributed by atoms with Crippen molar-refractivity contribution in [2.45, 2.75) is 4.34 Å². The second-order valence-electron chi connectivity index (χ2n) is 4.38. The molecule has 0 aliphatic heterocycles. The summed E-state index contributed by atoms with van der Waals surface area (Å²) >= 11 is 2.80. The Morgan fingerprint density at radius 1 is 1.04 bits per heavy atom. The maximum atomic E-state index is 8.56. The predicted molar refractivity (Wildman–Crippen MR) is 92.5 cm³/mol. The van der Waals surface area contributed by atoms with Gasteiger partial charge in [0, 0.05) is 5.69 Å². The molecular weight excluding hydrogens is 328 g/mol. The van der Waals surface area contributed by atoms with Crippen molar-refractivity contribution in [3.05, 3.63) is 54.6 Å². The average molecular weight is 340 g/mol. The number of ether oxygens (including phenoxy) is 1. The van der Waals surface area contributed by atoms with Crippen LogP contribution in [0.1, 0.15) is 0 Å². The Morgan fingerprint density at radius 2 is 1.78 bits per heavy atom. The van der Waals surface area contributed by atoms with Crippen LogP contribution in [0.4, 0.5) is 10.8 Å². The predicted octanol–water partition coefficient (Wildman–Crippen LogP) is 4.69. The molecule has 1 aromatic heterocycles. The lowest BCUT2D eigenvalue weighted by atomic mass is 10.3. The molecule has 0 saturated carbocycles. The van der Waals surface area contributed by atoms with Gasteiger partial charge in [-0.05, 0) is 36.4 Å². The van der Waals surface area contributed by atoms with E-state index < -0.39 is 0 Å². The summed E-state index contributed by atoms with van der Waals surface area (Å²) in [7, 11) is 0. The van der Waals surface area contributed by atoms with Crippen LogP contribution in [0.5, 0.6) is 11.5 Å². The highest BCUT2D eigenvalue weighted by Crippen LogP contribution is 2.28. The molecule has 3 rings (SSSR count). The number of anilines is 2. The third-order valence-corrected chi connectivity index (χ3v) is 4.59. The summed E-state index contributed by atoms with van der Waals surface area (Å²) < 4.78 is 6.52. The van der Waals surface area contributed by atoms with Gasteiger partial charge in [-0.3, -0.25) is 0 Å². The number of nitriles is 1. The number of aromatic nitrogens is 2. The van der Waals surface area contributed by atoms with Crippen LogP contribution in [0.2, 0.25) is 0 Å².